The maximum absolute atomic E-state index is 5.78. The van der Waals surface area contributed by atoms with Crippen LogP contribution in [0.3, 0.4) is 0 Å². The summed E-state index contributed by atoms with van der Waals surface area (Å²) < 4.78 is 6.38. The van der Waals surface area contributed by atoms with Gasteiger partial charge in [0.2, 0.25) is 0 Å². The topological polar surface area (TPSA) is 34.1 Å². The Hall–Kier alpha value is 0.260. The van der Waals surface area contributed by atoms with Gasteiger partial charge in [-0.05, 0) is 41.4 Å². The van der Waals surface area contributed by atoms with Crippen molar-refractivity contribution in [2.75, 3.05) is 13.2 Å². The predicted octanol–water partition coefficient (Wildman–Crippen LogP) is 3.47. The Kier molecular flexibility index (Phi) is 8.51. The lowest BCUT2D eigenvalue weighted by Crippen LogP contribution is -2.28. The molecule has 1 saturated heterocycles. The van der Waals surface area contributed by atoms with Crippen molar-refractivity contribution in [3.8, 4) is 5.75 Å². The van der Waals surface area contributed by atoms with Crippen molar-refractivity contribution in [2.24, 2.45) is 0 Å². The Morgan fingerprint density at radius 3 is 2.88 bits per heavy atom. The molecule has 0 amide bonds. The van der Waals surface area contributed by atoms with Crippen LogP contribution in [-0.4, -0.2) is 24.2 Å². The number of pyridine rings is 1. The molecule has 0 aliphatic carbocycles. The van der Waals surface area contributed by atoms with Crippen molar-refractivity contribution in [3.63, 3.8) is 0 Å². The minimum absolute atomic E-state index is 0. The normalized spacial score (nSPS) is 18.1. The van der Waals surface area contributed by atoms with Gasteiger partial charge in [0, 0.05) is 6.04 Å². The Bertz CT molecular complexity index is 348. The van der Waals surface area contributed by atoms with Crippen molar-refractivity contribution in [1.29, 1.82) is 0 Å². The number of aromatic nitrogens is 1. The number of rotatable bonds is 3. The van der Waals surface area contributed by atoms with Gasteiger partial charge in [-0.15, -0.1) is 24.8 Å². The molecule has 1 aliphatic heterocycles. The van der Waals surface area contributed by atoms with Gasteiger partial charge in [-0.25, -0.2) is 4.98 Å². The molecule has 0 saturated carbocycles. The maximum atomic E-state index is 5.78. The van der Waals surface area contributed by atoms with E-state index < -0.39 is 0 Å². The molecule has 0 bridgehead atoms. The van der Waals surface area contributed by atoms with E-state index in [-0.39, 0.29) is 24.8 Å². The molecule has 7 heteroatoms. The smallest absolute Gasteiger partial charge is 0.143 e. The van der Waals surface area contributed by atoms with Gasteiger partial charge in [0.15, 0.2) is 0 Å². The highest BCUT2D eigenvalue weighted by molar-refractivity contribution is 9.10. The van der Waals surface area contributed by atoms with E-state index in [9.17, 15) is 0 Å². The first-order chi connectivity index (χ1) is 7.25. The average molecular weight is 364 g/mol. The highest BCUT2D eigenvalue weighted by atomic mass is 79.9. The number of ether oxygens (including phenoxy) is 1. The van der Waals surface area contributed by atoms with E-state index in [1.807, 2.05) is 6.07 Å². The van der Waals surface area contributed by atoms with E-state index in [0.717, 1.165) is 16.8 Å². The summed E-state index contributed by atoms with van der Waals surface area (Å²) in [7, 11) is 0. The number of halogens is 4. The molecule has 0 radical (unpaired) electrons. The second kappa shape index (κ2) is 8.38. The van der Waals surface area contributed by atoms with E-state index in [4.69, 9.17) is 16.3 Å². The Morgan fingerprint density at radius 2 is 2.29 bits per heavy atom. The average Bonchev–Trinajstić information content (AvgIpc) is 2.73. The third-order valence-corrected chi connectivity index (χ3v) is 3.52. The maximum Gasteiger partial charge on any atom is 0.143 e. The van der Waals surface area contributed by atoms with Gasteiger partial charge in [-0.3, -0.25) is 0 Å². The Labute approximate surface area is 127 Å². The third-order valence-electron chi connectivity index (χ3n) is 2.38. The molecule has 98 valence electrons. The molecule has 0 spiro atoms. The molecule has 1 N–H and O–H groups in total. The molecule has 1 aliphatic rings. The van der Waals surface area contributed by atoms with E-state index >= 15 is 0 Å². The second-order valence-electron chi connectivity index (χ2n) is 3.55. The molecule has 1 fully saturated rings. The van der Waals surface area contributed by atoms with Crippen LogP contribution >= 0.6 is 52.3 Å². The van der Waals surface area contributed by atoms with Crippen LogP contribution in [0.5, 0.6) is 5.75 Å². The minimum Gasteiger partial charge on any atom is -0.490 e. The highest BCUT2D eigenvalue weighted by Gasteiger charge is 2.14. The number of nitrogens with zero attached hydrogens (tertiary/aromatic N) is 1. The van der Waals surface area contributed by atoms with Crippen molar-refractivity contribution in [2.45, 2.75) is 18.9 Å². The van der Waals surface area contributed by atoms with Gasteiger partial charge in [-0.2, -0.15) is 0 Å². The molecule has 2 rings (SSSR count). The van der Waals surface area contributed by atoms with Crippen LogP contribution in [-0.2, 0) is 0 Å². The summed E-state index contributed by atoms with van der Waals surface area (Å²) in [4.78, 5) is 4.00. The molecule has 2 heterocycles. The lowest BCUT2D eigenvalue weighted by atomic mass is 10.2. The van der Waals surface area contributed by atoms with Crippen LogP contribution in [0.25, 0.3) is 0 Å². The van der Waals surface area contributed by atoms with Crippen LogP contribution < -0.4 is 10.1 Å². The highest BCUT2D eigenvalue weighted by Crippen LogP contribution is 2.24. The fourth-order valence-electron chi connectivity index (χ4n) is 1.58. The van der Waals surface area contributed by atoms with Crippen LogP contribution in [0.2, 0.25) is 5.15 Å². The quantitative estimate of drug-likeness (QED) is 0.834. The molecular weight excluding hydrogens is 350 g/mol. The molecule has 17 heavy (non-hydrogen) atoms. The summed E-state index contributed by atoms with van der Waals surface area (Å²) in [5.41, 5.74) is 0. The van der Waals surface area contributed by atoms with Gasteiger partial charge in [0.05, 0.1) is 10.7 Å². The van der Waals surface area contributed by atoms with Gasteiger partial charge in [-0.1, -0.05) is 11.6 Å². The van der Waals surface area contributed by atoms with Gasteiger partial charge in [0.1, 0.15) is 17.5 Å². The number of hydrogen-bond acceptors (Lipinski definition) is 3. The summed E-state index contributed by atoms with van der Waals surface area (Å²) in [6.45, 7) is 1.78. The first kappa shape index (κ1) is 17.3. The summed E-state index contributed by atoms with van der Waals surface area (Å²) in [6.07, 6.45) is 4.06. The van der Waals surface area contributed by atoms with Crippen LogP contribution in [0.1, 0.15) is 12.8 Å². The van der Waals surface area contributed by atoms with Crippen LogP contribution in [0.4, 0.5) is 0 Å². The molecule has 0 aromatic carbocycles. The van der Waals surface area contributed by atoms with Gasteiger partial charge >= 0.3 is 0 Å². The van der Waals surface area contributed by atoms with Crippen molar-refractivity contribution in [1.82, 2.24) is 10.3 Å². The predicted molar refractivity (Wildman–Crippen MR) is 78.0 cm³/mol. The number of nitrogens with one attached hydrogen (secondary N) is 1. The Morgan fingerprint density at radius 1 is 1.53 bits per heavy atom. The zero-order chi connectivity index (χ0) is 10.7. The van der Waals surface area contributed by atoms with E-state index in [0.29, 0.717) is 17.8 Å². The second-order valence-corrected chi connectivity index (χ2v) is 4.76. The standard InChI is InChI=1S/C10H12BrClN2O.2ClH/c11-9-4-8(5-14-10(9)12)15-6-7-2-1-3-13-7;;/h4-5,7,13H,1-3,6H2;2*1H/t7-;;/m0../s1. The zero-order valence-electron chi connectivity index (χ0n) is 8.99. The lowest BCUT2D eigenvalue weighted by Gasteiger charge is -2.11. The zero-order valence-corrected chi connectivity index (χ0v) is 13.0. The molecule has 1 aromatic heterocycles. The van der Waals surface area contributed by atoms with Crippen LogP contribution in [0, 0.1) is 0 Å². The van der Waals surface area contributed by atoms with Crippen LogP contribution in [0.15, 0.2) is 16.7 Å². The van der Waals surface area contributed by atoms with E-state index in [1.54, 1.807) is 6.20 Å². The monoisotopic (exact) mass is 362 g/mol. The lowest BCUT2D eigenvalue weighted by molar-refractivity contribution is 0.276. The molecule has 0 unspecified atom stereocenters. The summed E-state index contributed by atoms with van der Waals surface area (Å²) in [6, 6.07) is 2.31. The van der Waals surface area contributed by atoms with Crippen molar-refractivity contribution < 1.29 is 4.74 Å². The first-order valence-electron chi connectivity index (χ1n) is 4.93. The SMILES string of the molecule is Cl.Cl.Clc1ncc(OC[C@@H]2CCCN2)cc1Br. The molecule has 1 aromatic rings. The van der Waals surface area contributed by atoms with E-state index in [2.05, 4.69) is 26.2 Å². The van der Waals surface area contributed by atoms with Gasteiger partial charge in [0.25, 0.3) is 0 Å². The molecule has 3 nitrogen and oxygen atoms in total. The summed E-state index contributed by atoms with van der Waals surface area (Å²) in [5.74, 6) is 0.750. The van der Waals surface area contributed by atoms with E-state index in [1.165, 1.54) is 12.8 Å². The van der Waals surface area contributed by atoms with Gasteiger partial charge < -0.3 is 10.1 Å². The minimum atomic E-state index is 0. The largest absolute Gasteiger partial charge is 0.490 e. The Balaban J connectivity index is 0.00000128. The number of hydrogen-bond donors (Lipinski definition) is 1. The fraction of sp³-hybridized carbons (Fsp3) is 0.500. The fourth-order valence-corrected chi connectivity index (χ4v) is 2.01. The van der Waals surface area contributed by atoms with Crippen molar-refractivity contribution in [3.05, 3.63) is 21.9 Å². The molecule has 1 atom stereocenters. The summed E-state index contributed by atoms with van der Waals surface area (Å²) in [5, 5.41) is 3.83. The third kappa shape index (κ3) is 5.18. The first-order valence-corrected chi connectivity index (χ1v) is 6.10. The van der Waals surface area contributed by atoms with Crippen molar-refractivity contribution >= 4 is 52.3 Å². The molecular formula is C10H14BrCl3N2O. The summed E-state index contributed by atoms with van der Waals surface area (Å²) >= 11 is 9.09.